The summed E-state index contributed by atoms with van der Waals surface area (Å²) in [7, 11) is 0. The Kier molecular flexibility index (Phi) is 7.24. The molecule has 0 aromatic heterocycles. The van der Waals surface area contributed by atoms with Crippen LogP contribution in [0.4, 0.5) is 5.69 Å². The molecule has 134 valence electrons. The molecule has 0 spiro atoms. The summed E-state index contributed by atoms with van der Waals surface area (Å²) in [5, 5.41) is 5.88. The fraction of sp³-hybridized carbons (Fsp3) is 0.556. The van der Waals surface area contributed by atoms with Crippen molar-refractivity contribution in [2.45, 2.75) is 52.0 Å². The first-order valence-electron chi connectivity index (χ1n) is 8.27. The lowest BCUT2D eigenvalue weighted by Crippen LogP contribution is -2.54. The molecular formula is C18H28ClN3O2. The van der Waals surface area contributed by atoms with Crippen molar-refractivity contribution in [3.05, 3.63) is 29.3 Å². The number of halogens is 1. The van der Waals surface area contributed by atoms with E-state index in [1.54, 1.807) is 0 Å². The van der Waals surface area contributed by atoms with Gasteiger partial charge in [-0.15, -0.1) is 12.4 Å². The molecule has 1 aliphatic heterocycles. The number of amides is 2. The van der Waals surface area contributed by atoms with E-state index in [0.29, 0.717) is 19.4 Å². The summed E-state index contributed by atoms with van der Waals surface area (Å²) in [5.74, 6) is 0.383. The Morgan fingerprint density at radius 2 is 2.12 bits per heavy atom. The molecule has 2 rings (SSSR count). The highest BCUT2D eigenvalue weighted by molar-refractivity contribution is 5.99. The Morgan fingerprint density at radius 1 is 1.42 bits per heavy atom. The third-order valence-corrected chi connectivity index (χ3v) is 4.79. The molecule has 1 aliphatic rings. The topological polar surface area (TPSA) is 84.2 Å². The number of carbonyl (C=O) groups excluding carboxylic acids is 2. The Labute approximate surface area is 150 Å². The van der Waals surface area contributed by atoms with Gasteiger partial charge in [-0.3, -0.25) is 9.59 Å². The maximum absolute atomic E-state index is 12.1. The number of carbonyl (C=O) groups is 2. The van der Waals surface area contributed by atoms with Crippen molar-refractivity contribution in [2.24, 2.45) is 11.7 Å². The van der Waals surface area contributed by atoms with Gasteiger partial charge < -0.3 is 16.4 Å². The van der Waals surface area contributed by atoms with E-state index in [-0.39, 0.29) is 35.7 Å². The third kappa shape index (κ3) is 4.95. The first-order valence-corrected chi connectivity index (χ1v) is 8.27. The van der Waals surface area contributed by atoms with Crippen LogP contribution in [0.3, 0.4) is 0 Å². The van der Waals surface area contributed by atoms with Gasteiger partial charge in [0.25, 0.3) is 0 Å². The average molecular weight is 354 g/mol. The third-order valence-electron chi connectivity index (χ3n) is 4.79. The number of anilines is 1. The number of benzene rings is 1. The average Bonchev–Trinajstić information content (AvgIpc) is 2.86. The van der Waals surface area contributed by atoms with E-state index in [0.717, 1.165) is 24.1 Å². The van der Waals surface area contributed by atoms with Crippen molar-refractivity contribution < 1.29 is 9.59 Å². The highest BCUT2D eigenvalue weighted by Gasteiger charge is 2.28. The monoisotopic (exact) mass is 353 g/mol. The summed E-state index contributed by atoms with van der Waals surface area (Å²) in [4.78, 5) is 23.5. The molecule has 1 atom stereocenters. The van der Waals surface area contributed by atoms with E-state index in [9.17, 15) is 9.59 Å². The number of nitrogens with one attached hydrogen (secondary N) is 2. The van der Waals surface area contributed by atoms with Crippen LogP contribution in [0.25, 0.3) is 0 Å². The van der Waals surface area contributed by atoms with Gasteiger partial charge in [-0.05, 0) is 42.9 Å². The summed E-state index contributed by atoms with van der Waals surface area (Å²) in [6.07, 6.45) is 2.55. The van der Waals surface area contributed by atoms with Crippen molar-refractivity contribution in [1.29, 1.82) is 0 Å². The molecule has 0 saturated heterocycles. The lowest BCUT2D eigenvalue weighted by Gasteiger charge is -2.33. The molecule has 2 amide bonds. The minimum absolute atomic E-state index is 0. The van der Waals surface area contributed by atoms with Crippen molar-refractivity contribution in [3.8, 4) is 0 Å². The van der Waals surface area contributed by atoms with Gasteiger partial charge in [0.1, 0.15) is 0 Å². The fourth-order valence-electron chi connectivity index (χ4n) is 2.70. The number of aryl methyl sites for hydroxylation is 1. The quantitative estimate of drug-likeness (QED) is 0.703. The maximum atomic E-state index is 12.1. The highest BCUT2D eigenvalue weighted by Crippen LogP contribution is 2.24. The molecule has 4 N–H and O–H groups in total. The van der Waals surface area contributed by atoms with Crippen LogP contribution < -0.4 is 16.4 Å². The minimum Gasteiger partial charge on any atom is -0.349 e. The summed E-state index contributed by atoms with van der Waals surface area (Å²) < 4.78 is 0. The number of hydrogen-bond donors (Lipinski definition) is 3. The summed E-state index contributed by atoms with van der Waals surface area (Å²) in [6, 6.07) is 6.02. The number of rotatable bonds is 7. The van der Waals surface area contributed by atoms with Crippen LogP contribution in [0.1, 0.15) is 44.7 Å². The van der Waals surface area contributed by atoms with Crippen molar-refractivity contribution in [1.82, 2.24) is 5.32 Å². The van der Waals surface area contributed by atoms with Crippen LogP contribution >= 0.6 is 12.4 Å². The number of nitrogens with two attached hydrogens (primary N) is 1. The molecule has 5 nitrogen and oxygen atoms in total. The molecule has 6 heteroatoms. The van der Waals surface area contributed by atoms with Gasteiger partial charge >= 0.3 is 0 Å². The van der Waals surface area contributed by atoms with Gasteiger partial charge in [-0.2, -0.15) is 0 Å². The van der Waals surface area contributed by atoms with Gasteiger partial charge in [-0.25, -0.2) is 0 Å². The normalized spacial score (nSPS) is 15.3. The number of fused-ring (bicyclic) bond motifs is 1. The van der Waals surface area contributed by atoms with Crippen LogP contribution in [0.5, 0.6) is 0 Å². The fourth-order valence-corrected chi connectivity index (χ4v) is 2.70. The van der Waals surface area contributed by atoms with Gasteiger partial charge in [0.15, 0.2) is 0 Å². The summed E-state index contributed by atoms with van der Waals surface area (Å²) in [5.41, 5.74) is 8.56. The summed E-state index contributed by atoms with van der Waals surface area (Å²) >= 11 is 0. The second kappa shape index (κ2) is 8.49. The molecule has 1 aromatic carbocycles. The Morgan fingerprint density at radius 3 is 2.75 bits per heavy atom. The number of hydrogen-bond acceptors (Lipinski definition) is 3. The molecule has 0 saturated carbocycles. The molecule has 0 radical (unpaired) electrons. The van der Waals surface area contributed by atoms with Crippen molar-refractivity contribution in [3.63, 3.8) is 0 Å². The van der Waals surface area contributed by atoms with Gasteiger partial charge in [0, 0.05) is 18.7 Å². The molecule has 1 unspecified atom stereocenters. The lowest BCUT2D eigenvalue weighted by molar-refractivity contribution is -0.123. The Bertz CT molecular complexity index is 604. The second-order valence-electron chi connectivity index (χ2n) is 6.89. The van der Waals surface area contributed by atoms with E-state index in [1.807, 2.05) is 19.1 Å². The van der Waals surface area contributed by atoms with Crippen LogP contribution in [-0.4, -0.2) is 23.9 Å². The van der Waals surface area contributed by atoms with Crippen LogP contribution in [0.15, 0.2) is 18.2 Å². The zero-order valence-electron chi connectivity index (χ0n) is 14.6. The smallest absolute Gasteiger partial charge is 0.228 e. The van der Waals surface area contributed by atoms with E-state index in [4.69, 9.17) is 5.73 Å². The second-order valence-corrected chi connectivity index (χ2v) is 6.89. The molecule has 0 bridgehead atoms. The van der Waals surface area contributed by atoms with Crippen LogP contribution in [0.2, 0.25) is 0 Å². The van der Waals surface area contributed by atoms with Crippen molar-refractivity contribution in [2.75, 3.05) is 11.9 Å². The van der Waals surface area contributed by atoms with Crippen LogP contribution in [-0.2, 0) is 22.4 Å². The Hall–Kier alpha value is -1.59. The molecule has 24 heavy (non-hydrogen) atoms. The van der Waals surface area contributed by atoms with E-state index >= 15 is 0 Å². The Balaban J connectivity index is 0.00000288. The minimum atomic E-state index is -0.351. The largest absolute Gasteiger partial charge is 0.349 e. The molecular weight excluding hydrogens is 326 g/mol. The van der Waals surface area contributed by atoms with E-state index in [2.05, 4.69) is 30.5 Å². The summed E-state index contributed by atoms with van der Waals surface area (Å²) in [6.45, 7) is 6.54. The first kappa shape index (κ1) is 20.5. The van der Waals surface area contributed by atoms with Crippen molar-refractivity contribution >= 4 is 29.9 Å². The SMILES string of the molecule is CC(C)C(C)(CN)NC(=O)CCCc1ccc2c(c1)CC(=O)N2.Cl. The van der Waals surface area contributed by atoms with Gasteiger partial charge in [0.05, 0.1) is 12.0 Å². The maximum Gasteiger partial charge on any atom is 0.228 e. The zero-order chi connectivity index (χ0) is 17.0. The van der Waals surface area contributed by atoms with E-state index < -0.39 is 0 Å². The van der Waals surface area contributed by atoms with E-state index in [1.165, 1.54) is 5.56 Å². The van der Waals surface area contributed by atoms with Crippen LogP contribution in [0, 0.1) is 5.92 Å². The predicted molar refractivity (Wildman–Crippen MR) is 99.4 cm³/mol. The standard InChI is InChI=1S/C18H27N3O2.ClH/c1-12(2)18(3,11-19)21-16(22)6-4-5-13-7-8-15-14(9-13)10-17(23)20-15;/h7-9,12H,4-6,10-11,19H2,1-3H3,(H,20,23)(H,21,22);1H. The lowest BCUT2D eigenvalue weighted by atomic mass is 9.88. The zero-order valence-corrected chi connectivity index (χ0v) is 15.5. The molecule has 1 heterocycles. The molecule has 0 fully saturated rings. The van der Waals surface area contributed by atoms with Gasteiger partial charge in [-0.1, -0.05) is 26.0 Å². The first-order chi connectivity index (χ1) is 10.8. The predicted octanol–water partition coefficient (Wildman–Crippen LogP) is 2.42. The molecule has 0 aliphatic carbocycles. The van der Waals surface area contributed by atoms with Gasteiger partial charge in [0.2, 0.25) is 11.8 Å². The highest BCUT2D eigenvalue weighted by atomic mass is 35.5. The molecule has 1 aromatic rings.